The first kappa shape index (κ1) is 24.6. The smallest absolute Gasteiger partial charge is 0.173 e. The third-order valence-electron chi connectivity index (χ3n) is 12.9. The number of benzene rings is 3. The second-order valence-electron chi connectivity index (χ2n) is 14.2. The van der Waals surface area contributed by atoms with Gasteiger partial charge in [-0.05, 0) is 73.3 Å². The van der Waals surface area contributed by atoms with Crippen molar-refractivity contribution < 1.29 is 14.2 Å². The lowest BCUT2D eigenvalue weighted by atomic mass is 9.49. The third-order valence-corrected chi connectivity index (χ3v) is 12.9. The maximum atomic E-state index is 7.70. The molecule has 7 aliphatic rings. The molecule has 0 N–H and O–H groups in total. The van der Waals surface area contributed by atoms with Crippen molar-refractivity contribution in [3.63, 3.8) is 0 Å². The van der Waals surface area contributed by atoms with Gasteiger partial charge in [0.2, 0.25) is 0 Å². The first-order chi connectivity index (χ1) is 20.7. The van der Waals surface area contributed by atoms with Crippen LogP contribution >= 0.6 is 0 Å². The van der Waals surface area contributed by atoms with Gasteiger partial charge >= 0.3 is 0 Å². The minimum atomic E-state index is -0.132. The third kappa shape index (κ3) is 2.86. The molecule has 8 atom stereocenters. The van der Waals surface area contributed by atoms with Crippen LogP contribution in [0.4, 0.5) is 0 Å². The van der Waals surface area contributed by atoms with Crippen molar-refractivity contribution in [2.45, 2.75) is 80.3 Å². The van der Waals surface area contributed by atoms with Gasteiger partial charge in [0.15, 0.2) is 11.5 Å². The summed E-state index contributed by atoms with van der Waals surface area (Å²) in [4.78, 5) is 5.74. The second kappa shape index (κ2) is 8.62. The van der Waals surface area contributed by atoms with E-state index in [4.69, 9.17) is 14.2 Å². The topological polar surface area (TPSA) is 34.2 Å². The molecule has 3 aliphatic heterocycles. The van der Waals surface area contributed by atoms with Crippen LogP contribution in [0.3, 0.4) is 0 Å². The Hall–Kier alpha value is -2.86. The molecule has 3 aromatic rings. The highest BCUT2D eigenvalue weighted by Crippen LogP contribution is 2.79. The maximum absolute atomic E-state index is 7.70. The van der Waals surface area contributed by atoms with Gasteiger partial charge in [-0.15, -0.1) is 0 Å². The Morgan fingerprint density at radius 2 is 1.74 bits per heavy atom. The zero-order valence-corrected chi connectivity index (χ0v) is 24.5. The molecule has 10 rings (SSSR count). The van der Waals surface area contributed by atoms with E-state index in [-0.39, 0.29) is 17.1 Å². The fourth-order valence-corrected chi connectivity index (χ4v) is 11.6. The van der Waals surface area contributed by atoms with Crippen LogP contribution in [0.25, 0.3) is 0 Å². The van der Waals surface area contributed by atoms with Gasteiger partial charge in [-0.2, -0.15) is 0 Å². The van der Waals surface area contributed by atoms with Gasteiger partial charge in [0.05, 0.1) is 18.8 Å². The molecule has 6 fully saturated rings. The van der Waals surface area contributed by atoms with Gasteiger partial charge in [-0.25, -0.2) is 0 Å². The molecule has 216 valence electrons. The molecule has 0 radical (unpaired) electrons. The molecule has 3 heterocycles. The average molecular weight is 561 g/mol. The Balaban J connectivity index is 1.17. The normalized spacial score (nSPS) is 39.2. The number of nitrogens with zero attached hydrogens (tertiary/aromatic N) is 2. The van der Waals surface area contributed by atoms with Gasteiger partial charge < -0.3 is 14.2 Å². The van der Waals surface area contributed by atoms with E-state index in [0.29, 0.717) is 29.8 Å². The molecule has 42 heavy (non-hydrogen) atoms. The summed E-state index contributed by atoms with van der Waals surface area (Å²) in [5, 5.41) is 0. The molecule has 3 aromatic carbocycles. The Kier molecular flexibility index (Phi) is 5.04. The molecule has 6 bridgehead atoms. The van der Waals surface area contributed by atoms with E-state index in [1.165, 1.54) is 48.9 Å². The summed E-state index contributed by atoms with van der Waals surface area (Å²) < 4.78 is 20.7. The van der Waals surface area contributed by atoms with Crippen molar-refractivity contribution in [2.75, 3.05) is 20.2 Å². The van der Waals surface area contributed by atoms with Crippen LogP contribution in [0.15, 0.2) is 72.8 Å². The van der Waals surface area contributed by atoms with Crippen LogP contribution in [-0.4, -0.2) is 59.8 Å². The minimum Gasteiger partial charge on any atom is -0.493 e. The van der Waals surface area contributed by atoms with Crippen molar-refractivity contribution >= 4 is 0 Å². The summed E-state index contributed by atoms with van der Waals surface area (Å²) in [7, 11) is 1.80. The van der Waals surface area contributed by atoms with E-state index < -0.39 is 0 Å². The van der Waals surface area contributed by atoms with Crippen LogP contribution in [0, 0.1) is 17.8 Å². The molecule has 1 spiro atoms. The molecule has 7 unspecified atom stereocenters. The molecule has 4 aliphatic carbocycles. The molecule has 3 saturated heterocycles. The SMILES string of the molecule is COc1ccc2c(c1Oc1ccccc1)C13C4CN(C5CCC5)C(C4C2)C12CCC1C3[C@@H](CN1Cc1ccccc1)O2. The minimum absolute atomic E-state index is 0.0339. The Bertz CT molecular complexity index is 1540. The van der Waals surface area contributed by atoms with Crippen LogP contribution < -0.4 is 9.47 Å². The van der Waals surface area contributed by atoms with Crippen molar-refractivity contribution in [2.24, 2.45) is 17.8 Å². The first-order valence-corrected chi connectivity index (χ1v) is 16.4. The predicted molar refractivity (Wildman–Crippen MR) is 161 cm³/mol. The van der Waals surface area contributed by atoms with E-state index in [9.17, 15) is 0 Å². The summed E-state index contributed by atoms with van der Waals surface area (Å²) in [6.07, 6.45) is 7.90. The number of rotatable bonds is 6. The predicted octanol–water partition coefficient (Wildman–Crippen LogP) is 6.20. The largest absolute Gasteiger partial charge is 0.493 e. The van der Waals surface area contributed by atoms with E-state index >= 15 is 0 Å². The van der Waals surface area contributed by atoms with E-state index in [1.54, 1.807) is 7.11 Å². The van der Waals surface area contributed by atoms with Crippen LogP contribution in [-0.2, 0) is 23.1 Å². The van der Waals surface area contributed by atoms with Crippen molar-refractivity contribution in [1.29, 1.82) is 0 Å². The lowest BCUT2D eigenvalue weighted by molar-refractivity contribution is -0.152. The maximum Gasteiger partial charge on any atom is 0.173 e. The molecule has 0 amide bonds. The van der Waals surface area contributed by atoms with Crippen molar-refractivity contribution in [1.82, 2.24) is 9.80 Å². The highest BCUT2D eigenvalue weighted by Gasteiger charge is 2.86. The number of ether oxygens (including phenoxy) is 3. The van der Waals surface area contributed by atoms with Crippen LogP contribution in [0.1, 0.15) is 48.8 Å². The van der Waals surface area contributed by atoms with Gasteiger partial charge in [-0.1, -0.05) is 61.0 Å². The zero-order valence-electron chi connectivity index (χ0n) is 24.5. The monoisotopic (exact) mass is 560 g/mol. The lowest BCUT2D eigenvalue weighted by Gasteiger charge is -2.60. The molecular weight excluding hydrogens is 520 g/mol. The summed E-state index contributed by atoms with van der Waals surface area (Å²) >= 11 is 0. The number of para-hydroxylation sites is 1. The van der Waals surface area contributed by atoms with E-state index in [1.807, 2.05) is 0 Å². The van der Waals surface area contributed by atoms with Gasteiger partial charge in [-0.3, -0.25) is 9.80 Å². The van der Waals surface area contributed by atoms with Gasteiger partial charge in [0.1, 0.15) is 5.75 Å². The fraction of sp³-hybridized carbons (Fsp3) is 0.514. The molecule has 3 saturated carbocycles. The Labute approximate surface area is 248 Å². The molecule has 5 heteroatoms. The quantitative estimate of drug-likeness (QED) is 0.359. The summed E-state index contributed by atoms with van der Waals surface area (Å²) in [6.45, 7) is 3.27. The van der Waals surface area contributed by atoms with Crippen LogP contribution in [0.5, 0.6) is 17.2 Å². The highest BCUT2D eigenvalue weighted by atomic mass is 16.5. The number of hydrogen-bond donors (Lipinski definition) is 0. The summed E-state index contributed by atoms with van der Waals surface area (Å²) in [5.74, 6) is 4.46. The molecule has 5 nitrogen and oxygen atoms in total. The average Bonchev–Trinajstić information content (AvgIpc) is 3.60. The standard InChI is InChI=1S/C37H40N2O3/c1-40-30-16-15-24-19-27-28-21-39(25-11-8-12-25)35(27)36-18-17-29-33(31(42-36)22-38(29)20-23-9-4-2-5-10-23)37(28,36)32(24)34(30)41-26-13-6-3-7-14-26/h2-7,9-10,13-16,25,27-29,31,33,35H,8,11-12,17-22H2,1H3/t27?,28?,29?,31-,33?,35?,36?,37?/m1/s1. The summed E-state index contributed by atoms with van der Waals surface area (Å²) in [6, 6.07) is 27.8. The Morgan fingerprint density at radius 1 is 0.929 bits per heavy atom. The van der Waals surface area contributed by atoms with E-state index in [2.05, 4.69) is 82.6 Å². The number of likely N-dealkylation sites (tertiary alicyclic amines) is 2. The van der Waals surface area contributed by atoms with Gasteiger partial charge in [0.25, 0.3) is 0 Å². The highest BCUT2D eigenvalue weighted by molar-refractivity contribution is 5.63. The van der Waals surface area contributed by atoms with Crippen LogP contribution in [0.2, 0.25) is 0 Å². The Morgan fingerprint density at radius 3 is 2.50 bits per heavy atom. The number of piperidine rings is 1. The fourth-order valence-electron chi connectivity index (χ4n) is 11.6. The number of fused-ring (bicyclic) bond motifs is 1. The zero-order chi connectivity index (χ0) is 27.6. The summed E-state index contributed by atoms with van der Waals surface area (Å²) in [5.41, 5.74) is 4.17. The molecule has 0 aromatic heterocycles. The van der Waals surface area contributed by atoms with Gasteiger partial charge in [0, 0.05) is 54.7 Å². The number of methoxy groups -OCH3 is 1. The van der Waals surface area contributed by atoms with Crippen molar-refractivity contribution in [3.05, 3.63) is 89.5 Å². The molecular formula is C37H40N2O3. The number of hydrogen-bond acceptors (Lipinski definition) is 5. The lowest BCUT2D eigenvalue weighted by Crippen LogP contribution is -2.69. The van der Waals surface area contributed by atoms with Crippen molar-refractivity contribution in [3.8, 4) is 17.2 Å². The van der Waals surface area contributed by atoms with E-state index in [0.717, 1.165) is 49.2 Å². The first-order valence-electron chi connectivity index (χ1n) is 16.4. The second-order valence-corrected chi connectivity index (χ2v) is 14.2.